The molecule has 0 N–H and O–H groups in total. The Morgan fingerprint density at radius 3 is 2.12 bits per heavy atom. The molecule has 3 rings (SSSR count). The molecule has 1 heterocycles. The molecule has 1 saturated heterocycles. The molecule has 0 unspecified atom stereocenters. The molecule has 1 amide bonds. The van der Waals surface area contributed by atoms with Crippen LogP contribution >= 0.6 is 34.8 Å². The van der Waals surface area contributed by atoms with Crippen LogP contribution < -0.4 is 4.90 Å². The Kier molecular flexibility index (Phi) is 5.55. The number of hydrogen-bond acceptors (Lipinski definition) is 4. The summed E-state index contributed by atoms with van der Waals surface area (Å²) in [5.41, 5.74) is 0.957. The van der Waals surface area contributed by atoms with E-state index in [1.807, 2.05) is 4.90 Å². The third kappa shape index (κ3) is 3.72. The number of hydrogen-bond donors (Lipinski definition) is 0. The van der Waals surface area contributed by atoms with Crippen LogP contribution in [0.5, 0.6) is 0 Å². The van der Waals surface area contributed by atoms with Gasteiger partial charge in [-0.15, -0.1) is 0 Å². The van der Waals surface area contributed by atoms with Gasteiger partial charge in [0, 0.05) is 38.3 Å². The van der Waals surface area contributed by atoms with Gasteiger partial charge in [0.2, 0.25) is 0 Å². The first-order chi connectivity index (χ1) is 12.4. The lowest BCUT2D eigenvalue weighted by atomic mass is 10.1. The lowest BCUT2D eigenvalue weighted by Crippen LogP contribution is -2.49. The Morgan fingerprint density at radius 1 is 0.962 bits per heavy atom. The second-order valence-corrected chi connectivity index (χ2v) is 6.99. The normalized spacial score (nSPS) is 14.4. The minimum absolute atomic E-state index is 0.0547. The van der Waals surface area contributed by atoms with Crippen LogP contribution in [-0.4, -0.2) is 41.9 Å². The molecular formula is C17H14Cl3N3O3. The number of amides is 1. The quantitative estimate of drug-likeness (QED) is 0.547. The zero-order valence-corrected chi connectivity index (χ0v) is 15.8. The maximum absolute atomic E-state index is 12.7. The van der Waals surface area contributed by atoms with Crippen LogP contribution in [0, 0.1) is 10.1 Å². The average molecular weight is 415 g/mol. The van der Waals surface area contributed by atoms with Gasteiger partial charge in [0.05, 0.1) is 31.2 Å². The van der Waals surface area contributed by atoms with Crippen molar-refractivity contribution in [2.45, 2.75) is 0 Å². The molecular weight excluding hydrogens is 401 g/mol. The van der Waals surface area contributed by atoms with Crippen molar-refractivity contribution in [1.29, 1.82) is 0 Å². The van der Waals surface area contributed by atoms with Gasteiger partial charge >= 0.3 is 0 Å². The number of rotatable bonds is 3. The summed E-state index contributed by atoms with van der Waals surface area (Å²) in [6.45, 7) is 2.03. The molecule has 0 aromatic heterocycles. The molecule has 26 heavy (non-hydrogen) atoms. The maximum Gasteiger partial charge on any atom is 0.271 e. The summed E-state index contributed by atoms with van der Waals surface area (Å²) in [5.74, 6) is -0.213. The third-order valence-electron chi connectivity index (χ3n) is 4.23. The highest BCUT2D eigenvalue weighted by Gasteiger charge is 2.26. The van der Waals surface area contributed by atoms with E-state index in [1.165, 1.54) is 12.1 Å². The Labute approximate surface area is 165 Å². The van der Waals surface area contributed by atoms with Crippen LogP contribution in [0.1, 0.15) is 10.4 Å². The van der Waals surface area contributed by atoms with Gasteiger partial charge < -0.3 is 9.80 Å². The number of non-ortho nitro benzene ring substituents is 1. The molecule has 0 saturated carbocycles. The van der Waals surface area contributed by atoms with E-state index >= 15 is 0 Å². The molecule has 0 spiro atoms. The van der Waals surface area contributed by atoms with Crippen molar-refractivity contribution in [3.63, 3.8) is 0 Å². The SMILES string of the molecule is O=C(c1c(Cl)cccc1Cl)N1CCN(c2ccc([N+](=O)[O-])cc2Cl)CC1. The molecule has 6 nitrogen and oxygen atoms in total. The predicted molar refractivity (Wildman–Crippen MR) is 103 cm³/mol. The van der Waals surface area contributed by atoms with E-state index in [1.54, 1.807) is 29.2 Å². The highest BCUT2D eigenvalue weighted by Crippen LogP contribution is 2.31. The van der Waals surface area contributed by atoms with E-state index < -0.39 is 4.92 Å². The molecule has 2 aromatic rings. The number of benzene rings is 2. The number of piperazine rings is 1. The lowest BCUT2D eigenvalue weighted by molar-refractivity contribution is -0.384. The smallest absolute Gasteiger partial charge is 0.271 e. The van der Waals surface area contributed by atoms with Crippen molar-refractivity contribution < 1.29 is 9.72 Å². The van der Waals surface area contributed by atoms with Gasteiger partial charge in [-0.05, 0) is 18.2 Å². The van der Waals surface area contributed by atoms with E-state index in [0.29, 0.717) is 52.5 Å². The van der Waals surface area contributed by atoms with Gasteiger partial charge in [0.25, 0.3) is 11.6 Å². The van der Waals surface area contributed by atoms with Gasteiger partial charge in [-0.3, -0.25) is 14.9 Å². The number of anilines is 1. The number of nitro groups is 1. The predicted octanol–water partition coefficient (Wildman–Crippen LogP) is 4.52. The van der Waals surface area contributed by atoms with E-state index in [-0.39, 0.29) is 11.6 Å². The summed E-state index contributed by atoms with van der Waals surface area (Å²) in [4.78, 5) is 26.7. The number of halogens is 3. The minimum atomic E-state index is -0.486. The summed E-state index contributed by atoms with van der Waals surface area (Å²) in [7, 11) is 0. The molecule has 9 heteroatoms. The van der Waals surface area contributed by atoms with Crippen molar-refractivity contribution in [3.05, 3.63) is 67.1 Å². The van der Waals surface area contributed by atoms with Crippen molar-refractivity contribution in [2.75, 3.05) is 31.1 Å². The average Bonchev–Trinajstić information content (AvgIpc) is 2.61. The largest absolute Gasteiger partial charge is 0.367 e. The summed E-state index contributed by atoms with van der Waals surface area (Å²) in [5, 5.41) is 11.8. The van der Waals surface area contributed by atoms with Gasteiger partial charge in [0.1, 0.15) is 0 Å². The Balaban J connectivity index is 1.71. The van der Waals surface area contributed by atoms with Gasteiger partial charge in [-0.2, -0.15) is 0 Å². The fourth-order valence-corrected chi connectivity index (χ4v) is 3.73. The Hall–Kier alpha value is -2.02. The van der Waals surface area contributed by atoms with Crippen LogP contribution in [0.25, 0.3) is 0 Å². The number of carbonyl (C=O) groups is 1. The van der Waals surface area contributed by atoms with Crippen LogP contribution in [0.15, 0.2) is 36.4 Å². The van der Waals surface area contributed by atoms with Crippen LogP contribution in [-0.2, 0) is 0 Å². The van der Waals surface area contributed by atoms with E-state index in [9.17, 15) is 14.9 Å². The fourth-order valence-electron chi connectivity index (χ4n) is 2.88. The van der Waals surface area contributed by atoms with Gasteiger partial charge in [0.15, 0.2) is 0 Å². The van der Waals surface area contributed by atoms with E-state index in [2.05, 4.69) is 0 Å². The molecule has 2 aromatic carbocycles. The summed E-state index contributed by atoms with van der Waals surface area (Å²) in [6.07, 6.45) is 0. The first kappa shape index (κ1) is 18.8. The standard InChI is InChI=1S/C17H14Cl3N3O3/c18-12-2-1-3-13(19)16(12)17(24)22-8-6-21(7-9-22)15-5-4-11(23(25)26)10-14(15)20/h1-5,10H,6-9H2. The molecule has 136 valence electrons. The fraction of sp³-hybridized carbons (Fsp3) is 0.235. The van der Waals surface area contributed by atoms with E-state index in [0.717, 1.165) is 0 Å². The highest BCUT2D eigenvalue weighted by molar-refractivity contribution is 6.39. The lowest BCUT2D eigenvalue weighted by Gasteiger charge is -2.36. The summed E-state index contributed by atoms with van der Waals surface area (Å²) in [6, 6.07) is 9.33. The zero-order chi connectivity index (χ0) is 18.8. The summed E-state index contributed by atoms with van der Waals surface area (Å²) >= 11 is 18.4. The number of carbonyl (C=O) groups excluding carboxylic acids is 1. The molecule has 0 aliphatic carbocycles. The topological polar surface area (TPSA) is 66.7 Å². The highest BCUT2D eigenvalue weighted by atomic mass is 35.5. The van der Waals surface area contributed by atoms with Gasteiger partial charge in [-0.1, -0.05) is 40.9 Å². The second kappa shape index (κ2) is 7.70. The monoisotopic (exact) mass is 413 g/mol. The number of nitrogens with zero attached hydrogens (tertiary/aromatic N) is 3. The van der Waals surface area contributed by atoms with E-state index in [4.69, 9.17) is 34.8 Å². The molecule has 1 aliphatic heterocycles. The molecule has 0 atom stereocenters. The maximum atomic E-state index is 12.7. The van der Waals surface area contributed by atoms with Gasteiger partial charge in [-0.25, -0.2) is 0 Å². The Bertz CT molecular complexity index is 847. The zero-order valence-electron chi connectivity index (χ0n) is 13.5. The van der Waals surface area contributed by atoms with Crippen molar-refractivity contribution in [3.8, 4) is 0 Å². The van der Waals surface area contributed by atoms with Crippen molar-refractivity contribution in [1.82, 2.24) is 4.90 Å². The summed E-state index contributed by atoms with van der Waals surface area (Å²) < 4.78 is 0. The van der Waals surface area contributed by atoms with Crippen LogP contribution in [0.4, 0.5) is 11.4 Å². The second-order valence-electron chi connectivity index (χ2n) is 5.77. The molecule has 1 fully saturated rings. The molecule has 0 radical (unpaired) electrons. The first-order valence-corrected chi connectivity index (χ1v) is 8.94. The molecule has 1 aliphatic rings. The third-order valence-corrected chi connectivity index (χ3v) is 5.16. The van der Waals surface area contributed by atoms with Crippen molar-refractivity contribution in [2.24, 2.45) is 0 Å². The molecule has 0 bridgehead atoms. The van der Waals surface area contributed by atoms with Crippen molar-refractivity contribution >= 4 is 52.1 Å². The first-order valence-electron chi connectivity index (χ1n) is 7.80. The number of nitro benzene ring substituents is 1. The minimum Gasteiger partial charge on any atom is -0.367 e. The Morgan fingerprint density at radius 2 is 1.58 bits per heavy atom. The van der Waals surface area contributed by atoms with Crippen LogP contribution in [0.2, 0.25) is 15.1 Å². The van der Waals surface area contributed by atoms with Crippen LogP contribution in [0.3, 0.4) is 0 Å².